The number of nitrogens with zero attached hydrogens (tertiary/aromatic N) is 4. The van der Waals surface area contributed by atoms with Crippen molar-refractivity contribution in [3.63, 3.8) is 0 Å². The summed E-state index contributed by atoms with van der Waals surface area (Å²) in [5.74, 6) is 0.901. The summed E-state index contributed by atoms with van der Waals surface area (Å²) in [7, 11) is 0. The zero-order valence-corrected chi connectivity index (χ0v) is 17.6. The predicted molar refractivity (Wildman–Crippen MR) is 121 cm³/mol. The van der Waals surface area contributed by atoms with E-state index in [4.69, 9.17) is 17.3 Å². The molecule has 0 amide bonds. The highest BCUT2D eigenvalue weighted by molar-refractivity contribution is 7.98. The summed E-state index contributed by atoms with van der Waals surface area (Å²) in [5.41, 5.74) is 10.6. The molecule has 5 rings (SSSR count). The second-order valence-electron chi connectivity index (χ2n) is 7.04. The molecule has 0 bridgehead atoms. The molecular formula is C22H17ClFN5S. The Morgan fingerprint density at radius 1 is 1.10 bits per heavy atom. The van der Waals surface area contributed by atoms with Crippen LogP contribution in [-0.4, -0.2) is 27.8 Å². The van der Waals surface area contributed by atoms with Gasteiger partial charge in [-0.2, -0.15) is 0 Å². The zero-order chi connectivity index (χ0) is 20.8. The number of halogens is 2. The second kappa shape index (κ2) is 7.41. The van der Waals surface area contributed by atoms with Crippen molar-refractivity contribution < 1.29 is 4.39 Å². The van der Waals surface area contributed by atoms with Crippen molar-refractivity contribution >= 4 is 51.6 Å². The number of nitrogens with two attached hydrogens (primary N) is 1. The molecule has 0 saturated heterocycles. The molecule has 0 atom stereocenters. The minimum Gasteiger partial charge on any atom is -0.383 e. The van der Waals surface area contributed by atoms with Crippen LogP contribution in [0.2, 0.25) is 5.02 Å². The lowest BCUT2D eigenvalue weighted by atomic mass is 10.0. The van der Waals surface area contributed by atoms with Crippen molar-refractivity contribution in [3.05, 3.63) is 65.3 Å². The third-order valence-corrected chi connectivity index (χ3v) is 6.38. The van der Waals surface area contributed by atoms with E-state index in [1.54, 1.807) is 30.4 Å². The Balaban J connectivity index is 1.65. The Kier molecular flexibility index (Phi) is 4.72. The molecule has 150 valence electrons. The third-order valence-electron chi connectivity index (χ3n) is 5.32. The number of rotatable bonds is 3. The molecule has 0 unspecified atom stereocenters. The maximum Gasteiger partial charge on any atom is 0.144 e. The fraction of sp³-hybridized carbons (Fsp3) is 0.136. The first kappa shape index (κ1) is 19.1. The van der Waals surface area contributed by atoms with Crippen molar-refractivity contribution in [2.24, 2.45) is 0 Å². The summed E-state index contributed by atoms with van der Waals surface area (Å²) in [4.78, 5) is 16.3. The van der Waals surface area contributed by atoms with Gasteiger partial charge in [0.15, 0.2) is 0 Å². The van der Waals surface area contributed by atoms with E-state index in [-0.39, 0.29) is 5.02 Å². The SMILES string of the molecule is CSc1cc(-c2ccc3ncnc(N4CCc5cc(F)c(Cl)cc54)c3c2)cnc1N. The zero-order valence-electron chi connectivity index (χ0n) is 16.1. The quantitative estimate of drug-likeness (QED) is 0.428. The van der Waals surface area contributed by atoms with Crippen LogP contribution in [0.25, 0.3) is 22.0 Å². The normalized spacial score (nSPS) is 13.1. The standard InChI is InChI=1S/C22H17ClFN5S/c1-30-20-8-14(10-26-21(20)25)12-2-3-18-15(6-12)22(28-11-27-18)29-5-4-13-7-17(24)16(23)9-19(13)29/h2-3,6-11H,4-5H2,1H3,(H2,25,26). The molecule has 8 heteroatoms. The summed E-state index contributed by atoms with van der Waals surface area (Å²) in [6.07, 6.45) is 6.03. The summed E-state index contributed by atoms with van der Waals surface area (Å²) in [6, 6.07) is 11.3. The van der Waals surface area contributed by atoms with Gasteiger partial charge in [0.1, 0.15) is 23.8 Å². The average Bonchev–Trinajstić information content (AvgIpc) is 3.16. The maximum absolute atomic E-state index is 13.9. The van der Waals surface area contributed by atoms with E-state index in [9.17, 15) is 4.39 Å². The van der Waals surface area contributed by atoms with Crippen LogP contribution in [0.3, 0.4) is 0 Å². The van der Waals surface area contributed by atoms with Gasteiger partial charge in [0.05, 0.1) is 10.5 Å². The largest absolute Gasteiger partial charge is 0.383 e. The highest BCUT2D eigenvalue weighted by Crippen LogP contribution is 2.39. The van der Waals surface area contributed by atoms with E-state index >= 15 is 0 Å². The lowest BCUT2D eigenvalue weighted by Gasteiger charge is -2.20. The number of benzene rings is 2. The van der Waals surface area contributed by atoms with Gasteiger partial charge >= 0.3 is 0 Å². The summed E-state index contributed by atoms with van der Waals surface area (Å²) >= 11 is 7.62. The van der Waals surface area contributed by atoms with Gasteiger partial charge in [-0.1, -0.05) is 17.7 Å². The number of pyridine rings is 1. The minimum atomic E-state index is -0.396. The number of thioether (sulfide) groups is 1. The first-order valence-electron chi connectivity index (χ1n) is 9.35. The van der Waals surface area contributed by atoms with Crippen LogP contribution in [0.1, 0.15) is 5.56 Å². The number of nitrogen functional groups attached to an aromatic ring is 1. The molecule has 2 aromatic heterocycles. The van der Waals surface area contributed by atoms with E-state index < -0.39 is 5.82 Å². The third kappa shape index (κ3) is 3.14. The molecule has 0 saturated carbocycles. The van der Waals surface area contributed by atoms with Crippen LogP contribution >= 0.6 is 23.4 Å². The van der Waals surface area contributed by atoms with Gasteiger partial charge in [0.25, 0.3) is 0 Å². The van der Waals surface area contributed by atoms with E-state index in [0.29, 0.717) is 12.4 Å². The second-order valence-corrected chi connectivity index (χ2v) is 8.29. The van der Waals surface area contributed by atoms with Crippen LogP contribution in [0.15, 0.2) is 53.8 Å². The number of anilines is 3. The molecule has 0 fully saturated rings. The first-order valence-corrected chi connectivity index (χ1v) is 11.0. The molecule has 0 spiro atoms. The van der Waals surface area contributed by atoms with Crippen LogP contribution < -0.4 is 10.6 Å². The highest BCUT2D eigenvalue weighted by atomic mass is 35.5. The van der Waals surface area contributed by atoms with Crippen LogP contribution in [0.5, 0.6) is 0 Å². The van der Waals surface area contributed by atoms with E-state index in [2.05, 4.69) is 25.9 Å². The molecule has 30 heavy (non-hydrogen) atoms. The Labute approximate surface area is 182 Å². The Hall–Kier alpha value is -2.90. The molecule has 4 aromatic rings. The molecule has 1 aliphatic rings. The number of hydrogen-bond donors (Lipinski definition) is 1. The van der Waals surface area contributed by atoms with Gasteiger partial charge in [-0.25, -0.2) is 19.3 Å². The number of aromatic nitrogens is 3. The highest BCUT2D eigenvalue weighted by Gasteiger charge is 2.25. The van der Waals surface area contributed by atoms with Gasteiger partial charge in [-0.3, -0.25) is 0 Å². The van der Waals surface area contributed by atoms with Gasteiger partial charge in [0, 0.05) is 34.3 Å². The molecular weight excluding hydrogens is 421 g/mol. The number of fused-ring (bicyclic) bond motifs is 2. The van der Waals surface area contributed by atoms with E-state index in [1.165, 1.54) is 6.07 Å². The topological polar surface area (TPSA) is 67.9 Å². The van der Waals surface area contributed by atoms with Crippen molar-refractivity contribution in [1.29, 1.82) is 0 Å². The molecule has 1 aliphatic heterocycles. The van der Waals surface area contributed by atoms with Crippen molar-refractivity contribution in [3.8, 4) is 11.1 Å². The summed E-state index contributed by atoms with van der Waals surface area (Å²) in [5, 5.41) is 1.02. The Morgan fingerprint density at radius 2 is 1.97 bits per heavy atom. The lowest BCUT2D eigenvalue weighted by molar-refractivity contribution is 0.627. The first-order chi connectivity index (χ1) is 14.5. The number of hydrogen-bond acceptors (Lipinski definition) is 6. The molecule has 2 N–H and O–H groups in total. The summed E-state index contributed by atoms with van der Waals surface area (Å²) < 4.78 is 13.9. The van der Waals surface area contributed by atoms with Gasteiger partial charge in [-0.15, -0.1) is 11.8 Å². The predicted octanol–water partition coefficient (Wildman–Crippen LogP) is 5.48. The Bertz CT molecular complexity index is 1300. The van der Waals surface area contributed by atoms with E-state index in [1.807, 2.05) is 24.5 Å². The molecule has 5 nitrogen and oxygen atoms in total. The van der Waals surface area contributed by atoms with Gasteiger partial charge < -0.3 is 10.6 Å². The van der Waals surface area contributed by atoms with Gasteiger partial charge in [-0.05, 0) is 54.1 Å². The molecule has 0 aliphatic carbocycles. The maximum atomic E-state index is 13.9. The van der Waals surface area contributed by atoms with Gasteiger partial charge in [0.2, 0.25) is 0 Å². The van der Waals surface area contributed by atoms with Crippen molar-refractivity contribution in [2.45, 2.75) is 11.3 Å². The van der Waals surface area contributed by atoms with Crippen LogP contribution in [0.4, 0.5) is 21.7 Å². The fourth-order valence-electron chi connectivity index (χ4n) is 3.82. The van der Waals surface area contributed by atoms with Crippen molar-refractivity contribution in [2.75, 3.05) is 23.4 Å². The Morgan fingerprint density at radius 3 is 2.80 bits per heavy atom. The van der Waals surface area contributed by atoms with E-state index in [0.717, 1.165) is 50.4 Å². The smallest absolute Gasteiger partial charge is 0.144 e. The monoisotopic (exact) mass is 437 g/mol. The molecule has 0 radical (unpaired) electrons. The summed E-state index contributed by atoms with van der Waals surface area (Å²) in [6.45, 7) is 0.700. The van der Waals surface area contributed by atoms with Crippen molar-refractivity contribution in [1.82, 2.24) is 15.0 Å². The fourth-order valence-corrected chi connectivity index (χ4v) is 4.48. The minimum absolute atomic E-state index is 0.109. The van der Waals surface area contributed by atoms with Crippen LogP contribution in [-0.2, 0) is 6.42 Å². The average molecular weight is 438 g/mol. The molecule has 2 aromatic carbocycles. The lowest BCUT2D eigenvalue weighted by Crippen LogP contribution is -2.15. The van der Waals surface area contributed by atoms with Crippen LogP contribution in [0, 0.1) is 5.82 Å². The molecule has 3 heterocycles.